The van der Waals surface area contributed by atoms with Gasteiger partial charge in [0.25, 0.3) is 0 Å². The van der Waals surface area contributed by atoms with E-state index in [0.717, 1.165) is 26.8 Å². The number of rotatable bonds is 5. The van der Waals surface area contributed by atoms with Crippen molar-refractivity contribution in [3.8, 4) is 11.5 Å². The zero-order valence-corrected chi connectivity index (χ0v) is 20.0. The number of methoxy groups -OCH3 is 2. The zero-order valence-electron chi connectivity index (χ0n) is 18.3. The quantitative estimate of drug-likeness (QED) is 0.595. The van der Waals surface area contributed by atoms with Gasteiger partial charge in [0, 0.05) is 16.0 Å². The number of fused-ring (bicyclic) bond motifs is 9. The smallest absolute Gasteiger partial charge is 0.323 e. The van der Waals surface area contributed by atoms with Crippen LogP contribution in [0, 0.1) is 29.6 Å². The van der Waals surface area contributed by atoms with Gasteiger partial charge in [0.05, 0.1) is 31.1 Å². The van der Waals surface area contributed by atoms with Crippen LogP contribution in [-0.2, 0) is 14.4 Å². The Balaban J connectivity index is 1.46. The number of carboxylic acid groups (broad SMARTS) is 1. The van der Waals surface area contributed by atoms with Crippen molar-refractivity contribution in [3.63, 3.8) is 0 Å². The number of nitrogens with zero attached hydrogens (tertiary/aromatic N) is 1. The summed E-state index contributed by atoms with van der Waals surface area (Å²) in [5.41, 5.74) is 0.965. The molecule has 2 amide bonds. The molecule has 34 heavy (non-hydrogen) atoms. The Bertz CT molecular complexity index is 1290. The normalized spacial score (nSPS) is 33.0. The minimum atomic E-state index is -1.19. The topological polar surface area (TPSA) is 126 Å². The third-order valence-electron chi connectivity index (χ3n) is 7.88. The van der Waals surface area contributed by atoms with Crippen molar-refractivity contribution < 1.29 is 29.0 Å². The number of aromatic nitrogens is 1. The number of ether oxygens (including phenoxy) is 2. The molecule has 6 unspecified atom stereocenters. The summed E-state index contributed by atoms with van der Waals surface area (Å²) in [6.45, 7) is -0.591. The Morgan fingerprint density at radius 3 is 2.50 bits per heavy atom. The van der Waals surface area contributed by atoms with Crippen LogP contribution in [0.25, 0.3) is 0 Å². The molecule has 1 aromatic carbocycles. The minimum Gasteiger partial charge on any atom is -0.493 e. The molecule has 3 fully saturated rings. The van der Waals surface area contributed by atoms with Crippen molar-refractivity contribution in [2.24, 2.45) is 29.6 Å². The van der Waals surface area contributed by atoms with Gasteiger partial charge in [-0.2, -0.15) is 0 Å². The highest BCUT2D eigenvalue weighted by atomic mass is 32.2. The van der Waals surface area contributed by atoms with E-state index in [9.17, 15) is 24.3 Å². The second-order valence-electron chi connectivity index (χ2n) is 9.23. The van der Waals surface area contributed by atoms with E-state index in [1.54, 1.807) is 26.0 Å². The van der Waals surface area contributed by atoms with Gasteiger partial charge in [-0.3, -0.25) is 24.1 Å². The standard InChI is InChI=1S/C23H22N2O7S2/c1-31-11-4-3-8(5-12(11)32-2)14-15-9-6-10(18(15)33-20-19(14)34-23(30)24-20)17-16(9)21(28)25(22(17)29)7-13(26)27/h3-5,9-10,14-18H,6-7H2,1-2H3,(H,24,30)(H,26,27)/t9?,10?,14-,15?,16?,17?,18?/m1/s1. The molecule has 2 N–H and O–H groups in total. The van der Waals surface area contributed by atoms with Crippen LogP contribution in [0.2, 0.25) is 0 Å². The Kier molecular flexibility index (Phi) is 4.86. The molecule has 2 aliphatic carbocycles. The summed E-state index contributed by atoms with van der Waals surface area (Å²) in [6.07, 6.45) is 0.749. The largest absolute Gasteiger partial charge is 0.493 e. The highest BCUT2D eigenvalue weighted by Crippen LogP contribution is 2.68. The Labute approximate surface area is 202 Å². The van der Waals surface area contributed by atoms with Crippen molar-refractivity contribution >= 4 is 40.9 Å². The number of amides is 2. The summed E-state index contributed by atoms with van der Waals surface area (Å²) >= 11 is 2.78. The van der Waals surface area contributed by atoms with Gasteiger partial charge in [0.2, 0.25) is 11.8 Å². The van der Waals surface area contributed by atoms with Crippen LogP contribution in [0.4, 0.5) is 0 Å². The summed E-state index contributed by atoms with van der Waals surface area (Å²) < 4.78 is 10.9. The summed E-state index contributed by atoms with van der Waals surface area (Å²) in [4.78, 5) is 54.6. The summed E-state index contributed by atoms with van der Waals surface area (Å²) in [6, 6.07) is 5.73. The van der Waals surface area contributed by atoms with Gasteiger partial charge in [-0.05, 0) is 41.9 Å². The summed E-state index contributed by atoms with van der Waals surface area (Å²) in [7, 11) is 3.14. The van der Waals surface area contributed by atoms with E-state index in [4.69, 9.17) is 9.47 Å². The first-order valence-corrected chi connectivity index (χ1v) is 12.7. The molecule has 2 bridgehead atoms. The second-order valence-corrected chi connectivity index (χ2v) is 11.4. The van der Waals surface area contributed by atoms with E-state index in [1.165, 1.54) is 11.3 Å². The third-order valence-corrected chi connectivity index (χ3v) is 10.5. The monoisotopic (exact) mass is 502 g/mol. The van der Waals surface area contributed by atoms with Crippen LogP contribution >= 0.6 is 23.1 Å². The van der Waals surface area contributed by atoms with Crippen molar-refractivity contribution in [3.05, 3.63) is 38.3 Å². The SMILES string of the molecule is COc1ccc([C@H]2c3sc(=O)[nH]c3SC3C4CC(C5C(=O)N(CC(=O)O)C(=O)C45)C32)cc1OC. The third kappa shape index (κ3) is 2.86. The van der Waals surface area contributed by atoms with E-state index < -0.39 is 24.3 Å². The van der Waals surface area contributed by atoms with E-state index in [-0.39, 0.29) is 45.6 Å². The molecule has 3 heterocycles. The van der Waals surface area contributed by atoms with E-state index in [2.05, 4.69) is 4.98 Å². The van der Waals surface area contributed by atoms with E-state index in [0.29, 0.717) is 11.5 Å². The number of thioether (sulfide) groups is 1. The molecule has 9 nitrogen and oxygen atoms in total. The van der Waals surface area contributed by atoms with E-state index >= 15 is 0 Å². The number of hydrogen-bond donors (Lipinski definition) is 2. The Morgan fingerprint density at radius 1 is 1.12 bits per heavy atom. The molecule has 2 aromatic rings. The molecule has 11 heteroatoms. The van der Waals surface area contributed by atoms with Gasteiger partial charge in [0.1, 0.15) is 6.54 Å². The second kappa shape index (κ2) is 7.61. The fourth-order valence-electron chi connectivity index (χ4n) is 6.79. The molecular weight excluding hydrogens is 480 g/mol. The number of nitrogens with one attached hydrogen (secondary N) is 1. The van der Waals surface area contributed by atoms with Crippen molar-refractivity contribution in [1.29, 1.82) is 0 Å². The van der Waals surface area contributed by atoms with Crippen molar-refractivity contribution in [1.82, 2.24) is 9.88 Å². The molecule has 0 radical (unpaired) electrons. The summed E-state index contributed by atoms with van der Waals surface area (Å²) in [5, 5.41) is 10.1. The molecule has 0 spiro atoms. The lowest BCUT2D eigenvalue weighted by molar-refractivity contribution is -0.149. The molecular formula is C23H22N2O7S2. The van der Waals surface area contributed by atoms with Gasteiger partial charge in [-0.15, -0.1) is 11.8 Å². The first-order valence-electron chi connectivity index (χ1n) is 11.0. The average molecular weight is 503 g/mol. The van der Waals surface area contributed by atoms with Gasteiger partial charge in [-0.1, -0.05) is 17.4 Å². The number of carbonyl (C=O) groups excluding carboxylic acids is 2. The number of carboxylic acids is 1. The van der Waals surface area contributed by atoms with Crippen LogP contribution in [0.3, 0.4) is 0 Å². The fraction of sp³-hybridized carbons (Fsp3) is 0.478. The number of likely N-dealkylation sites (tertiary alicyclic amines) is 1. The molecule has 2 aliphatic heterocycles. The fourth-order valence-corrected chi connectivity index (χ4v) is 9.68. The van der Waals surface area contributed by atoms with Crippen LogP contribution in [0.1, 0.15) is 22.8 Å². The summed E-state index contributed by atoms with van der Waals surface area (Å²) in [5.74, 6) is -1.93. The van der Waals surface area contributed by atoms with Crippen LogP contribution in [-0.4, -0.2) is 58.8 Å². The first-order chi connectivity index (χ1) is 16.3. The molecule has 1 aromatic heterocycles. The maximum Gasteiger partial charge on any atom is 0.323 e. The number of thiazole rings is 1. The highest BCUT2D eigenvalue weighted by Gasteiger charge is 2.69. The number of aromatic amines is 1. The van der Waals surface area contributed by atoms with Gasteiger partial charge in [0.15, 0.2) is 11.5 Å². The molecule has 2 saturated carbocycles. The predicted molar refractivity (Wildman–Crippen MR) is 122 cm³/mol. The lowest BCUT2D eigenvalue weighted by Crippen LogP contribution is -2.42. The molecule has 7 atom stereocenters. The van der Waals surface area contributed by atoms with Gasteiger partial charge < -0.3 is 19.6 Å². The number of H-pyrrole nitrogens is 1. The number of carbonyl (C=O) groups is 3. The lowest BCUT2D eigenvalue weighted by atomic mass is 9.68. The predicted octanol–water partition coefficient (Wildman–Crippen LogP) is 2.01. The Morgan fingerprint density at radius 2 is 1.82 bits per heavy atom. The number of benzene rings is 1. The lowest BCUT2D eigenvalue weighted by Gasteiger charge is -2.43. The minimum absolute atomic E-state index is 0.0369. The molecule has 1 saturated heterocycles. The maximum absolute atomic E-state index is 13.2. The molecule has 4 aliphatic rings. The van der Waals surface area contributed by atoms with Crippen molar-refractivity contribution in [2.45, 2.75) is 22.6 Å². The van der Waals surface area contributed by atoms with Crippen molar-refractivity contribution in [2.75, 3.05) is 20.8 Å². The van der Waals surface area contributed by atoms with Crippen LogP contribution in [0.15, 0.2) is 28.0 Å². The Hall–Kier alpha value is -2.79. The first kappa shape index (κ1) is 21.7. The maximum atomic E-state index is 13.2. The highest BCUT2D eigenvalue weighted by molar-refractivity contribution is 8.00. The molecule has 6 rings (SSSR count). The van der Waals surface area contributed by atoms with Gasteiger partial charge in [-0.25, -0.2) is 0 Å². The average Bonchev–Trinajstić information content (AvgIpc) is 3.54. The number of aliphatic carboxylic acids is 1. The zero-order chi connectivity index (χ0) is 23.9. The van der Waals surface area contributed by atoms with Crippen LogP contribution < -0.4 is 14.3 Å². The van der Waals surface area contributed by atoms with E-state index in [1.807, 2.05) is 18.2 Å². The number of hydrogen-bond acceptors (Lipinski definition) is 8. The van der Waals surface area contributed by atoms with Crippen LogP contribution in [0.5, 0.6) is 11.5 Å². The van der Waals surface area contributed by atoms with Gasteiger partial charge >= 0.3 is 10.8 Å². The molecule has 178 valence electrons. The number of imide groups is 1.